The van der Waals surface area contributed by atoms with Gasteiger partial charge in [0, 0.05) is 25.2 Å². The maximum Gasteiger partial charge on any atom is 0.254 e. The Bertz CT molecular complexity index is 922. The summed E-state index contributed by atoms with van der Waals surface area (Å²) in [4.78, 5) is 15.1. The number of nitrogens with zero attached hydrogens (tertiary/aromatic N) is 1. The highest BCUT2D eigenvalue weighted by molar-refractivity contribution is 7.89. The van der Waals surface area contributed by atoms with Crippen molar-refractivity contribution in [1.29, 1.82) is 0 Å². The van der Waals surface area contributed by atoms with Crippen LogP contribution in [0.5, 0.6) is 0 Å². The third kappa shape index (κ3) is 3.81. The van der Waals surface area contributed by atoms with Crippen molar-refractivity contribution in [1.82, 2.24) is 9.62 Å². The van der Waals surface area contributed by atoms with Crippen LogP contribution in [-0.2, 0) is 23.0 Å². The van der Waals surface area contributed by atoms with Gasteiger partial charge in [0.25, 0.3) is 5.91 Å². The van der Waals surface area contributed by atoms with E-state index in [-0.39, 0.29) is 10.8 Å². The number of carbonyl (C=O) groups is 1. The lowest BCUT2D eigenvalue weighted by atomic mass is 10.0. The van der Waals surface area contributed by atoms with Gasteiger partial charge in [-0.05, 0) is 48.6 Å². The van der Waals surface area contributed by atoms with Gasteiger partial charge >= 0.3 is 0 Å². The van der Waals surface area contributed by atoms with E-state index in [9.17, 15) is 13.2 Å². The van der Waals surface area contributed by atoms with Crippen molar-refractivity contribution < 1.29 is 13.2 Å². The fourth-order valence-corrected chi connectivity index (χ4v) is 4.38. The van der Waals surface area contributed by atoms with Crippen LogP contribution >= 0.6 is 0 Å². The van der Waals surface area contributed by atoms with Crippen LogP contribution in [0.3, 0.4) is 0 Å². The molecule has 0 aromatic heterocycles. The second-order valence-corrected chi connectivity index (χ2v) is 8.34. The van der Waals surface area contributed by atoms with E-state index in [1.54, 1.807) is 19.1 Å². The third-order valence-corrected chi connectivity index (χ3v) is 6.27. The molecule has 2 aromatic carbocycles. The zero-order valence-corrected chi connectivity index (χ0v) is 16.0. The molecule has 2 aromatic rings. The molecule has 1 amide bonds. The molecule has 0 radical (unpaired) electrons. The van der Waals surface area contributed by atoms with Gasteiger partial charge in [0.1, 0.15) is 0 Å². The van der Waals surface area contributed by atoms with Crippen molar-refractivity contribution in [2.45, 2.75) is 38.1 Å². The zero-order valence-electron chi connectivity index (χ0n) is 15.2. The highest BCUT2D eigenvalue weighted by Crippen LogP contribution is 2.22. The molecule has 0 saturated heterocycles. The maximum absolute atomic E-state index is 13.1. The summed E-state index contributed by atoms with van der Waals surface area (Å²) in [6, 6.07) is 12.9. The van der Waals surface area contributed by atoms with Crippen LogP contribution in [0.15, 0.2) is 47.4 Å². The molecule has 138 valence electrons. The van der Waals surface area contributed by atoms with Gasteiger partial charge in [0.05, 0.1) is 4.90 Å². The number of sulfonamides is 1. The van der Waals surface area contributed by atoms with E-state index in [4.69, 9.17) is 0 Å². The van der Waals surface area contributed by atoms with Crippen molar-refractivity contribution in [3.05, 3.63) is 64.7 Å². The Kier molecular flexibility index (Phi) is 5.44. The average Bonchev–Trinajstić information content (AvgIpc) is 2.83. The molecule has 3 rings (SSSR count). The van der Waals surface area contributed by atoms with Crippen molar-refractivity contribution >= 4 is 15.9 Å². The minimum atomic E-state index is -3.59. The van der Waals surface area contributed by atoms with E-state index < -0.39 is 10.0 Å². The zero-order chi connectivity index (χ0) is 18.7. The summed E-state index contributed by atoms with van der Waals surface area (Å²) < 4.78 is 27.0. The summed E-state index contributed by atoms with van der Waals surface area (Å²) in [5, 5.41) is 0. The van der Waals surface area contributed by atoms with Crippen LogP contribution in [-0.4, -0.2) is 32.3 Å². The lowest BCUT2D eigenvalue weighted by Gasteiger charge is -2.22. The first-order chi connectivity index (χ1) is 12.4. The largest absolute Gasteiger partial charge is 0.334 e. The first-order valence-corrected chi connectivity index (χ1v) is 10.4. The number of benzene rings is 2. The first kappa shape index (κ1) is 18.6. The molecule has 0 fully saturated rings. The second-order valence-electron chi connectivity index (χ2n) is 6.58. The third-order valence-electron chi connectivity index (χ3n) is 4.73. The van der Waals surface area contributed by atoms with E-state index in [2.05, 4.69) is 16.9 Å². The predicted octanol–water partition coefficient (Wildman–Crippen LogP) is 2.88. The molecule has 0 aliphatic carbocycles. The number of amides is 1. The second kappa shape index (κ2) is 7.60. The highest BCUT2D eigenvalue weighted by Gasteiger charge is 2.23. The van der Waals surface area contributed by atoms with Crippen LogP contribution < -0.4 is 4.72 Å². The quantitative estimate of drug-likeness (QED) is 0.897. The van der Waals surface area contributed by atoms with Gasteiger partial charge in [-0.3, -0.25) is 4.79 Å². The van der Waals surface area contributed by atoms with Crippen LogP contribution in [0.25, 0.3) is 0 Å². The molecule has 1 aliphatic rings. The Morgan fingerprint density at radius 2 is 1.88 bits per heavy atom. The molecule has 0 bridgehead atoms. The molecule has 26 heavy (non-hydrogen) atoms. The highest BCUT2D eigenvalue weighted by atomic mass is 32.2. The molecular formula is C20H24N2O3S. The summed E-state index contributed by atoms with van der Waals surface area (Å²) in [7, 11) is -3.59. The number of carbonyl (C=O) groups excluding carboxylic acids is 1. The standard InChI is InChI=1S/C20H24N2O3S/c1-3-21-26(24,25)18-11-10-15(2)19(13-18)20(23)22-12-6-9-16-7-4-5-8-17(16)14-22/h4-5,7-8,10-11,13,21H,3,6,9,12,14H2,1-2H3. The SMILES string of the molecule is CCNS(=O)(=O)c1ccc(C)c(C(=O)N2CCCc3ccccc3C2)c1. The normalized spacial score (nSPS) is 14.6. The molecule has 1 N–H and O–H groups in total. The molecule has 0 saturated carbocycles. The average molecular weight is 372 g/mol. The lowest BCUT2D eigenvalue weighted by Crippen LogP contribution is -2.31. The van der Waals surface area contributed by atoms with Gasteiger partial charge in [-0.1, -0.05) is 37.3 Å². The molecule has 0 unspecified atom stereocenters. The maximum atomic E-state index is 13.1. The van der Waals surface area contributed by atoms with Gasteiger partial charge in [-0.25, -0.2) is 13.1 Å². The van der Waals surface area contributed by atoms with Gasteiger partial charge in [-0.2, -0.15) is 0 Å². The Morgan fingerprint density at radius 3 is 2.62 bits per heavy atom. The number of rotatable bonds is 4. The minimum absolute atomic E-state index is 0.118. The van der Waals surface area contributed by atoms with E-state index in [1.165, 1.54) is 11.6 Å². The molecule has 6 heteroatoms. The molecule has 1 heterocycles. The van der Waals surface area contributed by atoms with Crippen LogP contribution in [0.4, 0.5) is 0 Å². The summed E-state index contributed by atoms with van der Waals surface area (Å²) in [5.41, 5.74) is 3.67. The summed E-state index contributed by atoms with van der Waals surface area (Å²) in [6.45, 7) is 5.09. The van der Waals surface area contributed by atoms with Crippen molar-refractivity contribution in [3.8, 4) is 0 Å². The van der Waals surface area contributed by atoms with E-state index in [0.29, 0.717) is 25.2 Å². The predicted molar refractivity (Wildman–Crippen MR) is 102 cm³/mol. The van der Waals surface area contributed by atoms with Crippen LogP contribution in [0, 0.1) is 6.92 Å². The van der Waals surface area contributed by atoms with E-state index >= 15 is 0 Å². The fraction of sp³-hybridized carbons (Fsp3) is 0.350. The Labute approximate surface area is 155 Å². The smallest absolute Gasteiger partial charge is 0.254 e. The topological polar surface area (TPSA) is 66.5 Å². The molecule has 0 atom stereocenters. The van der Waals surface area contributed by atoms with Crippen molar-refractivity contribution in [3.63, 3.8) is 0 Å². The van der Waals surface area contributed by atoms with Gasteiger partial charge in [0.15, 0.2) is 0 Å². The Hall–Kier alpha value is -2.18. The fourth-order valence-electron chi connectivity index (χ4n) is 3.32. The van der Waals surface area contributed by atoms with E-state index in [1.807, 2.05) is 24.0 Å². The van der Waals surface area contributed by atoms with E-state index in [0.717, 1.165) is 24.0 Å². The minimum Gasteiger partial charge on any atom is -0.334 e. The van der Waals surface area contributed by atoms with Gasteiger partial charge in [-0.15, -0.1) is 0 Å². The summed E-state index contributed by atoms with van der Waals surface area (Å²) in [6.07, 6.45) is 1.85. The Balaban J connectivity index is 1.92. The molecule has 0 spiro atoms. The molecule has 1 aliphatic heterocycles. The number of hydrogen-bond donors (Lipinski definition) is 1. The number of aryl methyl sites for hydroxylation is 2. The number of nitrogens with one attached hydrogen (secondary N) is 1. The van der Waals surface area contributed by atoms with Crippen LogP contribution in [0.2, 0.25) is 0 Å². The van der Waals surface area contributed by atoms with Gasteiger partial charge < -0.3 is 4.90 Å². The summed E-state index contributed by atoms with van der Waals surface area (Å²) in [5.74, 6) is -0.118. The van der Waals surface area contributed by atoms with Crippen molar-refractivity contribution in [2.24, 2.45) is 0 Å². The lowest BCUT2D eigenvalue weighted by molar-refractivity contribution is 0.0745. The van der Waals surface area contributed by atoms with Crippen LogP contribution in [0.1, 0.15) is 40.4 Å². The number of hydrogen-bond acceptors (Lipinski definition) is 3. The summed E-state index contributed by atoms with van der Waals surface area (Å²) >= 11 is 0. The molecular weight excluding hydrogens is 348 g/mol. The van der Waals surface area contributed by atoms with Crippen molar-refractivity contribution in [2.75, 3.05) is 13.1 Å². The molecule has 5 nitrogen and oxygen atoms in total. The first-order valence-electron chi connectivity index (χ1n) is 8.88. The van der Waals surface area contributed by atoms with Gasteiger partial charge in [0.2, 0.25) is 10.0 Å². The number of fused-ring (bicyclic) bond motifs is 1. The Morgan fingerprint density at radius 1 is 1.15 bits per heavy atom. The monoisotopic (exact) mass is 372 g/mol.